The molecule has 2 amide bonds. The molecule has 1 saturated heterocycles. The van der Waals surface area contributed by atoms with E-state index in [-0.39, 0.29) is 6.54 Å². The van der Waals surface area contributed by atoms with Crippen LogP contribution in [0.15, 0.2) is 37.0 Å². The van der Waals surface area contributed by atoms with Gasteiger partial charge < -0.3 is 15.0 Å². The molecule has 0 radical (unpaired) electrons. The summed E-state index contributed by atoms with van der Waals surface area (Å²) in [6, 6.07) is 0. The Bertz CT molecular complexity index is 690. The molecule has 2 aliphatic carbocycles. The first-order valence-electron chi connectivity index (χ1n) is 9.57. The van der Waals surface area contributed by atoms with E-state index in [4.69, 9.17) is 4.74 Å². The molecule has 0 bridgehead atoms. The second-order valence-electron chi connectivity index (χ2n) is 8.78. The first kappa shape index (κ1) is 19.6. The zero-order valence-corrected chi connectivity index (χ0v) is 16.3. The lowest BCUT2D eigenvalue weighted by Crippen LogP contribution is -2.61. The van der Waals surface area contributed by atoms with Crippen molar-refractivity contribution in [2.24, 2.45) is 5.92 Å². The molecule has 3 rings (SSSR count). The first-order chi connectivity index (χ1) is 12.6. The van der Waals surface area contributed by atoms with E-state index in [1.165, 1.54) is 0 Å². The molecule has 1 saturated carbocycles. The van der Waals surface area contributed by atoms with Gasteiger partial charge >= 0.3 is 6.09 Å². The number of rotatable bonds is 4. The normalized spacial score (nSPS) is 32.1. The van der Waals surface area contributed by atoms with Crippen LogP contribution in [0.5, 0.6) is 0 Å². The number of carbonyl (C=O) groups is 2. The molecule has 0 aromatic rings. The van der Waals surface area contributed by atoms with Gasteiger partial charge in [0.1, 0.15) is 5.60 Å². The Morgan fingerprint density at radius 1 is 1.41 bits per heavy atom. The number of carbonyl (C=O) groups excluding carboxylic acids is 2. The Morgan fingerprint density at radius 2 is 2.11 bits per heavy atom. The Labute approximate surface area is 160 Å². The second kappa shape index (κ2) is 6.80. The van der Waals surface area contributed by atoms with Gasteiger partial charge in [-0.1, -0.05) is 30.4 Å². The maximum Gasteiger partial charge on any atom is 0.408 e. The van der Waals surface area contributed by atoms with Gasteiger partial charge in [0.25, 0.3) is 5.91 Å². The molecule has 5 nitrogen and oxygen atoms in total. The molecule has 0 spiro atoms. The first-order valence-corrected chi connectivity index (χ1v) is 9.57. The minimum atomic E-state index is -1.64. The quantitative estimate of drug-likeness (QED) is 0.762. The number of nitrogens with zero attached hydrogens (tertiary/aromatic N) is 1. The van der Waals surface area contributed by atoms with Crippen LogP contribution in [0.4, 0.5) is 9.18 Å². The number of hydrogen-bond acceptors (Lipinski definition) is 3. The maximum absolute atomic E-state index is 15.1. The van der Waals surface area contributed by atoms with E-state index >= 15 is 4.39 Å². The molecular weight excluding hydrogens is 347 g/mol. The van der Waals surface area contributed by atoms with E-state index in [2.05, 4.69) is 11.9 Å². The third kappa shape index (κ3) is 3.54. The Balaban J connectivity index is 1.81. The van der Waals surface area contributed by atoms with Crippen molar-refractivity contribution in [2.75, 3.05) is 6.54 Å². The van der Waals surface area contributed by atoms with Gasteiger partial charge in [-0.05, 0) is 46.5 Å². The number of hydrogen-bond donors (Lipinski definition) is 1. The van der Waals surface area contributed by atoms with Gasteiger partial charge in [0.2, 0.25) is 0 Å². The molecule has 6 heteroatoms. The van der Waals surface area contributed by atoms with Gasteiger partial charge in [0.15, 0.2) is 6.17 Å². The molecule has 1 aliphatic heterocycles. The fourth-order valence-corrected chi connectivity index (χ4v) is 4.27. The van der Waals surface area contributed by atoms with Crippen LogP contribution in [0.25, 0.3) is 0 Å². The SMILES string of the molecule is C=C[C@]1(N2C[C@H](C3(NC(=O)OC(C)(C)C)CCC3)[C@H](F)C2=O)C=CC=CC1. The van der Waals surface area contributed by atoms with E-state index in [0.29, 0.717) is 19.3 Å². The lowest BCUT2D eigenvalue weighted by atomic mass is 9.67. The number of alkyl carbamates (subject to hydrolysis) is 1. The summed E-state index contributed by atoms with van der Waals surface area (Å²) in [5, 5.41) is 2.90. The van der Waals surface area contributed by atoms with Crippen molar-refractivity contribution in [3.63, 3.8) is 0 Å². The Hall–Kier alpha value is -2.11. The highest BCUT2D eigenvalue weighted by Crippen LogP contribution is 2.46. The van der Waals surface area contributed by atoms with Crippen LogP contribution in [0.2, 0.25) is 0 Å². The maximum atomic E-state index is 15.1. The zero-order valence-electron chi connectivity index (χ0n) is 16.3. The highest BCUT2D eigenvalue weighted by atomic mass is 19.1. The van der Waals surface area contributed by atoms with E-state index < -0.39 is 40.8 Å². The van der Waals surface area contributed by atoms with Crippen molar-refractivity contribution in [2.45, 2.75) is 69.3 Å². The third-order valence-electron chi connectivity index (χ3n) is 5.87. The molecule has 0 unspecified atom stereocenters. The largest absolute Gasteiger partial charge is 0.444 e. The molecule has 3 aliphatic rings. The van der Waals surface area contributed by atoms with Crippen LogP contribution in [-0.2, 0) is 9.53 Å². The van der Waals surface area contributed by atoms with Crippen LogP contribution in [0.3, 0.4) is 0 Å². The number of nitrogens with one attached hydrogen (secondary N) is 1. The van der Waals surface area contributed by atoms with Gasteiger partial charge in [-0.25, -0.2) is 9.18 Å². The zero-order chi connectivity index (χ0) is 19.9. The summed E-state index contributed by atoms with van der Waals surface area (Å²) in [4.78, 5) is 26.7. The van der Waals surface area contributed by atoms with Gasteiger partial charge in [-0.3, -0.25) is 4.79 Å². The number of halogens is 1. The van der Waals surface area contributed by atoms with Crippen molar-refractivity contribution in [3.8, 4) is 0 Å². The van der Waals surface area contributed by atoms with Gasteiger partial charge in [0.05, 0.1) is 11.1 Å². The average Bonchev–Trinajstić information content (AvgIpc) is 2.86. The molecule has 148 valence electrons. The van der Waals surface area contributed by atoms with Crippen LogP contribution < -0.4 is 5.32 Å². The highest BCUT2D eigenvalue weighted by Gasteiger charge is 2.58. The summed E-state index contributed by atoms with van der Waals surface area (Å²) < 4.78 is 20.5. The van der Waals surface area contributed by atoms with E-state index in [0.717, 1.165) is 6.42 Å². The summed E-state index contributed by atoms with van der Waals surface area (Å²) in [6.07, 6.45) is 9.87. The van der Waals surface area contributed by atoms with Crippen LogP contribution in [-0.4, -0.2) is 46.3 Å². The van der Waals surface area contributed by atoms with Crippen LogP contribution >= 0.6 is 0 Å². The number of likely N-dealkylation sites (tertiary alicyclic amines) is 1. The van der Waals surface area contributed by atoms with Crippen molar-refractivity contribution in [3.05, 3.63) is 37.0 Å². The minimum absolute atomic E-state index is 0.250. The Morgan fingerprint density at radius 3 is 2.59 bits per heavy atom. The number of alkyl halides is 1. The summed E-state index contributed by atoms with van der Waals surface area (Å²) in [6.45, 7) is 9.49. The average molecular weight is 376 g/mol. The lowest BCUT2D eigenvalue weighted by molar-refractivity contribution is -0.135. The Kier molecular flexibility index (Phi) is 4.95. The molecule has 3 atom stereocenters. The number of ether oxygens (including phenoxy) is 1. The molecule has 1 heterocycles. The van der Waals surface area contributed by atoms with E-state index in [1.54, 1.807) is 31.7 Å². The monoisotopic (exact) mass is 376 g/mol. The standard InChI is InChI=1S/C21H29FN2O3/c1-5-20(10-7-6-8-11-20)24-14-15(16(22)17(24)25)21(12-9-13-21)23-18(26)27-19(2,3)4/h5-8,10,15-16H,1,9,11-14H2,2-4H3,(H,23,26)/t15-,16-,20-/m0/s1. The van der Waals surface area contributed by atoms with Gasteiger partial charge in [-0.2, -0.15) is 0 Å². The number of allylic oxidation sites excluding steroid dienone is 2. The summed E-state index contributed by atoms with van der Waals surface area (Å²) in [7, 11) is 0. The van der Waals surface area contributed by atoms with Crippen LogP contribution in [0, 0.1) is 5.92 Å². The van der Waals surface area contributed by atoms with Gasteiger partial charge in [-0.15, -0.1) is 6.58 Å². The molecule has 2 fully saturated rings. The molecule has 0 aromatic carbocycles. The predicted molar refractivity (Wildman–Crippen MR) is 102 cm³/mol. The fraction of sp³-hybridized carbons (Fsp3) is 0.619. The summed E-state index contributed by atoms with van der Waals surface area (Å²) >= 11 is 0. The molecule has 27 heavy (non-hydrogen) atoms. The highest BCUT2D eigenvalue weighted by molar-refractivity contribution is 5.85. The topological polar surface area (TPSA) is 58.6 Å². The van der Waals surface area contributed by atoms with E-state index in [9.17, 15) is 9.59 Å². The van der Waals surface area contributed by atoms with Crippen molar-refractivity contribution in [1.29, 1.82) is 0 Å². The van der Waals surface area contributed by atoms with Crippen molar-refractivity contribution >= 4 is 12.0 Å². The molecule has 1 N–H and O–H groups in total. The van der Waals surface area contributed by atoms with Crippen molar-refractivity contribution in [1.82, 2.24) is 10.2 Å². The summed E-state index contributed by atoms with van der Waals surface area (Å²) in [5.74, 6) is -1.13. The third-order valence-corrected chi connectivity index (χ3v) is 5.87. The lowest BCUT2D eigenvalue weighted by Gasteiger charge is -2.47. The minimum Gasteiger partial charge on any atom is -0.444 e. The molecule has 0 aromatic heterocycles. The van der Waals surface area contributed by atoms with Gasteiger partial charge in [0, 0.05) is 12.5 Å². The van der Waals surface area contributed by atoms with Crippen LogP contribution in [0.1, 0.15) is 46.5 Å². The number of amides is 2. The second-order valence-corrected chi connectivity index (χ2v) is 8.78. The molecular formula is C21H29FN2O3. The predicted octanol–water partition coefficient (Wildman–Crippen LogP) is 3.67. The fourth-order valence-electron chi connectivity index (χ4n) is 4.27. The summed E-state index contributed by atoms with van der Waals surface area (Å²) in [5.41, 5.74) is -2.07. The van der Waals surface area contributed by atoms with Crippen molar-refractivity contribution < 1.29 is 18.7 Å². The van der Waals surface area contributed by atoms with E-state index in [1.807, 2.05) is 24.3 Å². The smallest absolute Gasteiger partial charge is 0.408 e.